The van der Waals surface area contributed by atoms with E-state index in [9.17, 15) is 4.79 Å². The number of likely N-dealkylation sites (tertiary alicyclic amines) is 1. The van der Waals surface area contributed by atoms with Gasteiger partial charge in [0.2, 0.25) is 5.88 Å². The Balaban J connectivity index is 1.74. The first-order chi connectivity index (χ1) is 12.7. The summed E-state index contributed by atoms with van der Waals surface area (Å²) in [5.41, 5.74) is 1.62. The van der Waals surface area contributed by atoms with Gasteiger partial charge in [0.15, 0.2) is 0 Å². The molecule has 1 N–H and O–H groups in total. The topological polar surface area (TPSA) is 63.7 Å². The third-order valence-corrected chi connectivity index (χ3v) is 4.74. The van der Waals surface area contributed by atoms with Crippen LogP contribution in [0.5, 0.6) is 11.6 Å². The normalized spacial score (nSPS) is 15.5. The molecule has 1 aliphatic heterocycles. The Morgan fingerprint density at radius 2 is 1.92 bits per heavy atom. The maximum Gasteiger partial charge on any atom is 0.252 e. The Morgan fingerprint density at radius 3 is 2.58 bits per heavy atom. The lowest BCUT2D eigenvalue weighted by Crippen LogP contribution is -2.37. The van der Waals surface area contributed by atoms with Gasteiger partial charge in [-0.15, -0.1) is 0 Å². The molecule has 0 radical (unpaired) electrons. The predicted octanol–water partition coefficient (Wildman–Crippen LogP) is 2.67. The second-order valence-electron chi connectivity index (χ2n) is 6.30. The molecular formula is C20H25N3O3. The number of rotatable bonds is 7. The summed E-state index contributed by atoms with van der Waals surface area (Å²) in [5, 5.41) is 3.05. The summed E-state index contributed by atoms with van der Waals surface area (Å²) in [7, 11) is 3.23. The number of aromatic nitrogens is 1. The number of para-hydroxylation sites is 1. The van der Waals surface area contributed by atoms with Crippen molar-refractivity contribution in [2.45, 2.75) is 18.9 Å². The van der Waals surface area contributed by atoms with Gasteiger partial charge in [-0.1, -0.05) is 18.2 Å². The van der Waals surface area contributed by atoms with Crippen molar-refractivity contribution in [2.24, 2.45) is 0 Å². The van der Waals surface area contributed by atoms with Crippen molar-refractivity contribution in [1.29, 1.82) is 0 Å². The van der Waals surface area contributed by atoms with Crippen LogP contribution in [0.15, 0.2) is 42.6 Å². The third-order valence-electron chi connectivity index (χ3n) is 4.74. The van der Waals surface area contributed by atoms with E-state index in [-0.39, 0.29) is 11.9 Å². The molecular weight excluding hydrogens is 330 g/mol. The van der Waals surface area contributed by atoms with Crippen LogP contribution in [0.3, 0.4) is 0 Å². The lowest BCUT2D eigenvalue weighted by Gasteiger charge is -2.29. The SMILES string of the molecule is COc1ccc(C(=O)NCC(c2ccccc2OC)N2CCCC2)cn1. The molecule has 26 heavy (non-hydrogen) atoms. The van der Waals surface area contributed by atoms with Crippen LogP contribution in [0.1, 0.15) is 34.8 Å². The van der Waals surface area contributed by atoms with Crippen LogP contribution < -0.4 is 14.8 Å². The summed E-state index contributed by atoms with van der Waals surface area (Å²) in [5.74, 6) is 1.20. The number of amides is 1. The number of nitrogens with zero attached hydrogens (tertiary/aromatic N) is 2. The number of benzene rings is 1. The molecule has 1 aromatic heterocycles. The fraction of sp³-hybridized carbons (Fsp3) is 0.400. The maximum absolute atomic E-state index is 12.5. The van der Waals surface area contributed by atoms with Gasteiger partial charge in [-0.25, -0.2) is 4.98 Å². The smallest absolute Gasteiger partial charge is 0.252 e. The van der Waals surface area contributed by atoms with Crippen LogP contribution in [0, 0.1) is 0 Å². The molecule has 1 unspecified atom stereocenters. The molecule has 0 spiro atoms. The highest BCUT2D eigenvalue weighted by Crippen LogP contribution is 2.31. The van der Waals surface area contributed by atoms with E-state index in [0.717, 1.165) is 24.4 Å². The number of pyridine rings is 1. The number of carbonyl (C=O) groups excluding carboxylic acids is 1. The molecule has 0 aliphatic carbocycles. The van der Waals surface area contributed by atoms with E-state index >= 15 is 0 Å². The number of hydrogen-bond donors (Lipinski definition) is 1. The molecule has 2 heterocycles. The van der Waals surface area contributed by atoms with Gasteiger partial charge in [0, 0.05) is 24.4 Å². The average Bonchev–Trinajstić information content (AvgIpc) is 3.23. The molecule has 6 nitrogen and oxygen atoms in total. The zero-order valence-corrected chi connectivity index (χ0v) is 15.3. The van der Waals surface area contributed by atoms with E-state index in [0.29, 0.717) is 18.0 Å². The molecule has 2 aromatic rings. The van der Waals surface area contributed by atoms with E-state index in [4.69, 9.17) is 9.47 Å². The summed E-state index contributed by atoms with van der Waals surface area (Å²) < 4.78 is 10.6. The molecule has 138 valence electrons. The van der Waals surface area contributed by atoms with E-state index in [2.05, 4.69) is 21.3 Å². The van der Waals surface area contributed by atoms with Gasteiger partial charge in [0.05, 0.1) is 25.8 Å². The van der Waals surface area contributed by atoms with Crippen molar-refractivity contribution in [3.8, 4) is 11.6 Å². The summed E-state index contributed by atoms with van der Waals surface area (Å²) >= 11 is 0. The zero-order chi connectivity index (χ0) is 18.4. The molecule has 1 atom stereocenters. The third kappa shape index (κ3) is 4.14. The Morgan fingerprint density at radius 1 is 1.15 bits per heavy atom. The lowest BCUT2D eigenvalue weighted by atomic mass is 10.0. The minimum absolute atomic E-state index is 0.0869. The van der Waals surface area contributed by atoms with Crippen molar-refractivity contribution >= 4 is 5.91 Å². The Labute approximate surface area is 154 Å². The molecule has 3 rings (SSSR count). The van der Waals surface area contributed by atoms with Crippen LogP contribution in [0.4, 0.5) is 0 Å². The van der Waals surface area contributed by atoms with Gasteiger partial charge in [-0.05, 0) is 38.1 Å². The number of ether oxygens (including phenoxy) is 2. The van der Waals surface area contributed by atoms with Gasteiger partial charge in [0.1, 0.15) is 5.75 Å². The average molecular weight is 355 g/mol. The van der Waals surface area contributed by atoms with Crippen molar-refractivity contribution in [2.75, 3.05) is 33.9 Å². The predicted molar refractivity (Wildman–Crippen MR) is 99.7 cm³/mol. The van der Waals surface area contributed by atoms with Gasteiger partial charge < -0.3 is 14.8 Å². The van der Waals surface area contributed by atoms with E-state index in [1.807, 2.05) is 18.2 Å². The monoisotopic (exact) mass is 355 g/mol. The lowest BCUT2D eigenvalue weighted by molar-refractivity contribution is 0.0937. The van der Waals surface area contributed by atoms with Crippen LogP contribution in [-0.4, -0.2) is 49.6 Å². The number of nitrogens with one attached hydrogen (secondary N) is 1. The molecule has 1 saturated heterocycles. The maximum atomic E-state index is 12.5. The first kappa shape index (κ1) is 18.2. The number of carbonyl (C=O) groups is 1. The minimum Gasteiger partial charge on any atom is -0.496 e. The highest BCUT2D eigenvalue weighted by molar-refractivity contribution is 5.93. The number of hydrogen-bond acceptors (Lipinski definition) is 5. The zero-order valence-electron chi connectivity index (χ0n) is 15.3. The second-order valence-corrected chi connectivity index (χ2v) is 6.30. The summed E-state index contributed by atoms with van der Waals surface area (Å²) in [6.45, 7) is 2.58. The van der Waals surface area contributed by atoms with Gasteiger partial charge in [0.25, 0.3) is 5.91 Å². The minimum atomic E-state index is -0.140. The van der Waals surface area contributed by atoms with E-state index < -0.39 is 0 Å². The van der Waals surface area contributed by atoms with Gasteiger partial charge in [-0.2, -0.15) is 0 Å². The standard InChI is InChI=1S/C20H25N3O3/c1-25-18-8-4-3-7-16(18)17(23-11-5-6-12-23)14-22-20(24)15-9-10-19(26-2)21-13-15/h3-4,7-10,13,17H,5-6,11-12,14H2,1-2H3,(H,22,24). The van der Waals surface area contributed by atoms with Crippen LogP contribution in [0.25, 0.3) is 0 Å². The van der Waals surface area contributed by atoms with E-state index in [1.165, 1.54) is 19.0 Å². The number of methoxy groups -OCH3 is 2. The van der Waals surface area contributed by atoms with Crippen LogP contribution >= 0.6 is 0 Å². The Hall–Kier alpha value is -2.60. The first-order valence-corrected chi connectivity index (χ1v) is 8.88. The Bertz CT molecular complexity index is 727. The summed E-state index contributed by atoms with van der Waals surface area (Å²) in [6, 6.07) is 11.5. The largest absolute Gasteiger partial charge is 0.496 e. The summed E-state index contributed by atoms with van der Waals surface area (Å²) in [4.78, 5) is 19.0. The van der Waals surface area contributed by atoms with Crippen molar-refractivity contribution < 1.29 is 14.3 Å². The molecule has 1 aromatic carbocycles. The fourth-order valence-corrected chi connectivity index (χ4v) is 3.36. The molecule has 1 aliphatic rings. The molecule has 0 saturated carbocycles. The summed E-state index contributed by atoms with van der Waals surface area (Å²) in [6.07, 6.45) is 3.89. The Kier molecular flexibility index (Phi) is 6.07. The van der Waals surface area contributed by atoms with Crippen molar-refractivity contribution in [3.63, 3.8) is 0 Å². The highest BCUT2D eigenvalue weighted by atomic mass is 16.5. The molecule has 0 bridgehead atoms. The quantitative estimate of drug-likeness (QED) is 0.827. The fourth-order valence-electron chi connectivity index (χ4n) is 3.36. The molecule has 1 amide bonds. The van der Waals surface area contributed by atoms with Gasteiger partial charge >= 0.3 is 0 Å². The van der Waals surface area contributed by atoms with Crippen LogP contribution in [0.2, 0.25) is 0 Å². The second kappa shape index (κ2) is 8.67. The van der Waals surface area contributed by atoms with Crippen molar-refractivity contribution in [3.05, 3.63) is 53.7 Å². The van der Waals surface area contributed by atoms with Crippen molar-refractivity contribution in [1.82, 2.24) is 15.2 Å². The molecule has 1 fully saturated rings. The van der Waals surface area contributed by atoms with Gasteiger partial charge in [-0.3, -0.25) is 9.69 Å². The van der Waals surface area contributed by atoms with Crippen LogP contribution in [-0.2, 0) is 0 Å². The highest BCUT2D eigenvalue weighted by Gasteiger charge is 2.26. The van der Waals surface area contributed by atoms with E-state index in [1.54, 1.807) is 26.4 Å². The first-order valence-electron chi connectivity index (χ1n) is 8.88. The molecule has 6 heteroatoms.